The summed E-state index contributed by atoms with van der Waals surface area (Å²) >= 11 is 1.58. The summed E-state index contributed by atoms with van der Waals surface area (Å²) in [7, 11) is 0. The molecule has 1 aliphatic carbocycles. The van der Waals surface area contributed by atoms with Crippen molar-refractivity contribution in [2.75, 3.05) is 13.1 Å². The molecule has 144 valence electrons. The first-order valence-corrected chi connectivity index (χ1v) is 11.1. The maximum Gasteiger partial charge on any atom is 0.261 e. The molecule has 0 radical (unpaired) electrons. The smallest absolute Gasteiger partial charge is 0.261 e. The van der Waals surface area contributed by atoms with E-state index in [2.05, 4.69) is 22.3 Å². The van der Waals surface area contributed by atoms with Crippen molar-refractivity contribution in [3.8, 4) is 5.75 Å². The molecule has 3 atom stereocenters. The molecule has 4 heterocycles. The van der Waals surface area contributed by atoms with Crippen LogP contribution in [0.2, 0.25) is 0 Å². The lowest BCUT2D eigenvalue weighted by atomic mass is 9.83. The second-order valence-electron chi connectivity index (χ2n) is 8.71. The van der Waals surface area contributed by atoms with Gasteiger partial charge in [0.25, 0.3) is 5.91 Å². The van der Waals surface area contributed by atoms with Crippen molar-refractivity contribution < 1.29 is 9.53 Å². The van der Waals surface area contributed by atoms with Crippen LogP contribution in [0, 0.1) is 5.92 Å². The van der Waals surface area contributed by atoms with Gasteiger partial charge < -0.3 is 10.1 Å². The maximum absolute atomic E-state index is 13.1. The van der Waals surface area contributed by atoms with Crippen LogP contribution in [-0.4, -0.2) is 41.6 Å². The molecule has 2 bridgehead atoms. The zero-order chi connectivity index (χ0) is 18.6. The van der Waals surface area contributed by atoms with Crippen molar-refractivity contribution in [1.82, 2.24) is 10.2 Å². The maximum atomic E-state index is 13.1. The number of hydrogen-bond donors (Lipinski definition) is 1. The lowest BCUT2D eigenvalue weighted by Gasteiger charge is -2.44. The van der Waals surface area contributed by atoms with Crippen LogP contribution in [0.15, 0.2) is 24.3 Å². The molecule has 27 heavy (non-hydrogen) atoms. The van der Waals surface area contributed by atoms with Gasteiger partial charge in [-0.05, 0) is 94.6 Å². The predicted molar refractivity (Wildman–Crippen MR) is 110 cm³/mol. The lowest BCUT2D eigenvalue weighted by molar-refractivity contribution is 0.0655. The van der Waals surface area contributed by atoms with Crippen LogP contribution in [0.25, 0.3) is 10.1 Å². The average molecular weight is 385 g/mol. The Morgan fingerprint density at radius 2 is 2.11 bits per heavy atom. The highest BCUT2D eigenvalue weighted by Gasteiger charge is 2.59. The largest absolute Gasteiger partial charge is 0.491 e. The molecule has 2 unspecified atom stereocenters. The van der Waals surface area contributed by atoms with E-state index in [9.17, 15) is 4.79 Å². The number of hydrogen-bond acceptors (Lipinski definition) is 4. The standard InChI is InChI=1S/C22H28N2O2S/c1-14(2)26-17-6-5-16-12-19(27-18(16)13-17)21(25)23-20-15-4-3-10-24(11-7-15)22(20)8-9-22/h5-6,12-15,20H,3-4,7-11H2,1-2H3,(H,23,25)/t15?,20-/m1/s1. The van der Waals surface area contributed by atoms with Crippen molar-refractivity contribution >= 4 is 27.3 Å². The van der Waals surface area contributed by atoms with Gasteiger partial charge in [-0.1, -0.05) is 0 Å². The summed E-state index contributed by atoms with van der Waals surface area (Å²) in [5.74, 6) is 1.63. The van der Waals surface area contributed by atoms with Crippen LogP contribution in [0.5, 0.6) is 5.75 Å². The highest BCUT2D eigenvalue weighted by atomic mass is 32.1. The van der Waals surface area contributed by atoms with E-state index in [1.807, 2.05) is 26.0 Å². The van der Waals surface area contributed by atoms with Gasteiger partial charge in [-0.15, -0.1) is 11.3 Å². The van der Waals surface area contributed by atoms with Crippen molar-refractivity contribution in [3.05, 3.63) is 29.1 Å². The molecule has 3 aliphatic heterocycles. The summed E-state index contributed by atoms with van der Waals surface area (Å²) in [6.07, 6.45) is 6.41. The number of amides is 1. The Kier molecular flexibility index (Phi) is 4.21. The molecule has 1 aromatic heterocycles. The number of carbonyl (C=O) groups is 1. The third-order valence-electron chi connectivity index (χ3n) is 6.59. The Bertz CT molecular complexity index is 866. The van der Waals surface area contributed by atoms with Gasteiger partial charge in [0, 0.05) is 10.2 Å². The molecule has 6 rings (SSSR count). The Morgan fingerprint density at radius 1 is 1.26 bits per heavy atom. The monoisotopic (exact) mass is 384 g/mol. The highest BCUT2D eigenvalue weighted by Crippen LogP contribution is 2.52. The predicted octanol–water partition coefficient (Wildman–Crippen LogP) is 4.44. The number of rotatable bonds is 4. The summed E-state index contributed by atoms with van der Waals surface area (Å²) < 4.78 is 6.91. The first kappa shape index (κ1) is 17.5. The Balaban J connectivity index is 1.38. The first-order valence-electron chi connectivity index (χ1n) is 10.3. The minimum atomic E-state index is 0.104. The number of thiophene rings is 1. The van der Waals surface area contributed by atoms with Crippen molar-refractivity contribution in [2.24, 2.45) is 5.92 Å². The van der Waals surface area contributed by atoms with Crippen LogP contribution in [-0.2, 0) is 0 Å². The molecular formula is C22H28N2O2S. The summed E-state index contributed by atoms with van der Waals surface area (Å²) in [5.41, 5.74) is 0.268. The van der Waals surface area contributed by atoms with E-state index in [1.165, 1.54) is 45.2 Å². The quantitative estimate of drug-likeness (QED) is 0.848. The van der Waals surface area contributed by atoms with E-state index in [0.29, 0.717) is 12.0 Å². The van der Waals surface area contributed by atoms with E-state index >= 15 is 0 Å². The summed E-state index contributed by atoms with van der Waals surface area (Å²) in [6, 6.07) is 8.46. The topological polar surface area (TPSA) is 41.6 Å². The molecule has 4 fully saturated rings. The second-order valence-corrected chi connectivity index (χ2v) is 9.79. The number of piperidine rings is 1. The number of ether oxygens (including phenoxy) is 1. The fourth-order valence-corrected chi connectivity index (χ4v) is 6.22. The van der Waals surface area contributed by atoms with Gasteiger partial charge in [-0.25, -0.2) is 0 Å². The average Bonchev–Trinajstić information content (AvgIpc) is 3.37. The molecule has 4 nitrogen and oxygen atoms in total. The molecule has 5 heteroatoms. The Labute approximate surface area is 164 Å². The van der Waals surface area contributed by atoms with Crippen LogP contribution < -0.4 is 10.1 Å². The van der Waals surface area contributed by atoms with Crippen LogP contribution >= 0.6 is 11.3 Å². The molecule has 1 spiro atoms. The zero-order valence-electron chi connectivity index (χ0n) is 16.2. The molecule has 1 amide bonds. The molecular weight excluding hydrogens is 356 g/mol. The SMILES string of the molecule is CC(C)Oc1ccc2cc(C(=O)N[C@@H]3C4CCCN(CC4)C34CC4)sc2c1. The van der Waals surface area contributed by atoms with Gasteiger partial charge >= 0.3 is 0 Å². The van der Waals surface area contributed by atoms with Crippen molar-refractivity contribution in [3.63, 3.8) is 0 Å². The minimum Gasteiger partial charge on any atom is -0.491 e. The van der Waals surface area contributed by atoms with Gasteiger partial charge in [-0.3, -0.25) is 9.69 Å². The van der Waals surface area contributed by atoms with Gasteiger partial charge in [0.1, 0.15) is 5.75 Å². The van der Waals surface area contributed by atoms with E-state index in [0.717, 1.165) is 20.7 Å². The number of benzene rings is 1. The molecule has 3 saturated heterocycles. The Morgan fingerprint density at radius 3 is 2.89 bits per heavy atom. The Hall–Kier alpha value is -1.59. The number of nitrogens with zero attached hydrogens (tertiary/aromatic N) is 1. The fraction of sp³-hybridized carbons (Fsp3) is 0.591. The summed E-state index contributed by atoms with van der Waals surface area (Å²) in [6.45, 7) is 6.49. The first-order chi connectivity index (χ1) is 13.0. The fourth-order valence-electron chi connectivity index (χ4n) is 5.22. The zero-order valence-corrected chi connectivity index (χ0v) is 17.0. The second kappa shape index (κ2) is 6.49. The van der Waals surface area contributed by atoms with E-state index in [1.54, 1.807) is 11.3 Å². The number of fused-ring (bicyclic) bond motifs is 4. The molecule has 4 aliphatic rings. The highest BCUT2D eigenvalue weighted by molar-refractivity contribution is 7.20. The van der Waals surface area contributed by atoms with Crippen molar-refractivity contribution in [2.45, 2.75) is 63.6 Å². The van der Waals surface area contributed by atoms with E-state index < -0.39 is 0 Å². The van der Waals surface area contributed by atoms with Crippen LogP contribution in [0.1, 0.15) is 55.6 Å². The van der Waals surface area contributed by atoms with Crippen molar-refractivity contribution in [1.29, 1.82) is 0 Å². The van der Waals surface area contributed by atoms with Gasteiger partial charge in [0.2, 0.25) is 0 Å². The third-order valence-corrected chi connectivity index (χ3v) is 7.69. The molecule has 2 aromatic rings. The van der Waals surface area contributed by atoms with Gasteiger partial charge in [-0.2, -0.15) is 0 Å². The van der Waals surface area contributed by atoms with Crippen LogP contribution in [0.4, 0.5) is 0 Å². The summed E-state index contributed by atoms with van der Waals surface area (Å²) in [4.78, 5) is 16.6. The lowest BCUT2D eigenvalue weighted by Crippen LogP contribution is -2.59. The summed E-state index contributed by atoms with van der Waals surface area (Å²) in [5, 5.41) is 4.58. The van der Waals surface area contributed by atoms with Gasteiger partial charge in [0.15, 0.2) is 0 Å². The third kappa shape index (κ3) is 3.05. The normalized spacial score (nSPS) is 28.5. The minimum absolute atomic E-state index is 0.104. The van der Waals surface area contributed by atoms with E-state index in [-0.39, 0.29) is 17.6 Å². The molecule has 1 aromatic carbocycles. The number of nitrogens with one attached hydrogen (secondary N) is 1. The van der Waals surface area contributed by atoms with E-state index in [4.69, 9.17) is 4.74 Å². The molecule has 1 N–H and O–H groups in total. The molecule has 1 saturated carbocycles. The van der Waals surface area contributed by atoms with Crippen LogP contribution in [0.3, 0.4) is 0 Å². The van der Waals surface area contributed by atoms with Gasteiger partial charge in [0.05, 0.1) is 17.0 Å². The number of carbonyl (C=O) groups excluding carboxylic acids is 1.